The maximum atomic E-state index is 5.99. The minimum absolute atomic E-state index is 0.577. The summed E-state index contributed by atoms with van der Waals surface area (Å²) in [7, 11) is 1.93. The number of nitrogens with one attached hydrogen (secondary N) is 1. The summed E-state index contributed by atoms with van der Waals surface area (Å²) in [4.78, 5) is 0. The van der Waals surface area contributed by atoms with E-state index in [1.54, 1.807) is 0 Å². The fourth-order valence-corrected chi connectivity index (χ4v) is 2.15. The third kappa shape index (κ3) is 3.05. The molecule has 0 aliphatic rings. The van der Waals surface area contributed by atoms with E-state index in [9.17, 15) is 0 Å². The Bertz CT molecular complexity index is 549. The zero-order valence-corrected chi connectivity index (χ0v) is 11.9. The average molecular weight is 284 g/mol. The second-order valence-electron chi connectivity index (χ2n) is 4.22. The van der Waals surface area contributed by atoms with Crippen molar-refractivity contribution in [2.75, 3.05) is 7.05 Å². The molecule has 5 heteroatoms. The first-order valence-electron chi connectivity index (χ1n) is 5.71. The van der Waals surface area contributed by atoms with Gasteiger partial charge in [0.25, 0.3) is 0 Å². The molecule has 0 aliphatic heterocycles. The SMILES string of the molecule is CNCc1cn(Cc2ccc(Cl)c(Cl)c2)nc1C. The van der Waals surface area contributed by atoms with E-state index in [1.807, 2.05) is 43.0 Å². The third-order valence-electron chi connectivity index (χ3n) is 2.74. The normalized spacial score (nSPS) is 10.9. The van der Waals surface area contributed by atoms with Crippen molar-refractivity contribution in [3.63, 3.8) is 0 Å². The number of aryl methyl sites for hydroxylation is 1. The Labute approximate surface area is 117 Å². The molecule has 18 heavy (non-hydrogen) atoms. The molecule has 0 radical (unpaired) electrons. The quantitative estimate of drug-likeness (QED) is 0.933. The Kier molecular flexibility index (Phi) is 4.27. The molecule has 0 bridgehead atoms. The van der Waals surface area contributed by atoms with E-state index in [-0.39, 0.29) is 0 Å². The van der Waals surface area contributed by atoms with Crippen molar-refractivity contribution in [1.82, 2.24) is 15.1 Å². The van der Waals surface area contributed by atoms with Crippen LogP contribution >= 0.6 is 23.2 Å². The summed E-state index contributed by atoms with van der Waals surface area (Å²) in [5.74, 6) is 0. The van der Waals surface area contributed by atoms with E-state index in [4.69, 9.17) is 23.2 Å². The molecule has 2 rings (SSSR count). The molecule has 0 aliphatic carbocycles. The number of halogens is 2. The Morgan fingerprint density at radius 1 is 1.28 bits per heavy atom. The Morgan fingerprint density at radius 2 is 2.06 bits per heavy atom. The van der Waals surface area contributed by atoms with Gasteiger partial charge in [-0.2, -0.15) is 5.10 Å². The van der Waals surface area contributed by atoms with E-state index in [0.29, 0.717) is 16.6 Å². The average Bonchev–Trinajstić information content (AvgIpc) is 2.65. The lowest BCUT2D eigenvalue weighted by Gasteiger charge is -2.03. The first kappa shape index (κ1) is 13.4. The lowest BCUT2D eigenvalue weighted by atomic mass is 10.2. The van der Waals surface area contributed by atoms with Crippen molar-refractivity contribution in [3.8, 4) is 0 Å². The van der Waals surface area contributed by atoms with Gasteiger partial charge in [0.15, 0.2) is 0 Å². The van der Waals surface area contributed by atoms with E-state index in [0.717, 1.165) is 17.8 Å². The highest BCUT2D eigenvalue weighted by molar-refractivity contribution is 6.42. The van der Waals surface area contributed by atoms with Gasteiger partial charge in [-0.05, 0) is 31.7 Å². The van der Waals surface area contributed by atoms with Crippen LogP contribution in [-0.4, -0.2) is 16.8 Å². The largest absolute Gasteiger partial charge is 0.316 e. The van der Waals surface area contributed by atoms with Gasteiger partial charge in [0, 0.05) is 18.3 Å². The summed E-state index contributed by atoms with van der Waals surface area (Å²) in [6.07, 6.45) is 2.05. The maximum absolute atomic E-state index is 5.99. The predicted octanol–water partition coefficient (Wildman–Crippen LogP) is 3.27. The van der Waals surface area contributed by atoms with Crippen LogP contribution in [0.5, 0.6) is 0 Å². The standard InChI is InChI=1S/C13H15Cl2N3/c1-9-11(6-16-2)8-18(17-9)7-10-3-4-12(14)13(15)5-10/h3-5,8,16H,6-7H2,1-2H3. The summed E-state index contributed by atoms with van der Waals surface area (Å²) in [5.41, 5.74) is 3.34. The van der Waals surface area contributed by atoms with Crippen molar-refractivity contribution in [2.45, 2.75) is 20.0 Å². The minimum Gasteiger partial charge on any atom is -0.316 e. The van der Waals surface area contributed by atoms with E-state index in [1.165, 1.54) is 5.56 Å². The summed E-state index contributed by atoms with van der Waals surface area (Å²) in [6, 6.07) is 5.64. The van der Waals surface area contributed by atoms with Crippen molar-refractivity contribution in [3.05, 3.63) is 51.3 Å². The van der Waals surface area contributed by atoms with Crippen LogP contribution in [0.25, 0.3) is 0 Å². The van der Waals surface area contributed by atoms with Gasteiger partial charge in [0.1, 0.15) is 0 Å². The molecule has 0 saturated carbocycles. The molecule has 2 aromatic rings. The lowest BCUT2D eigenvalue weighted by molar-refractivity contribution is 0.679. The summed E-state index contributed by atoms with van der Waals surface area (Å²) < 4.78 is 1.92. The molecule has 1 N–H and O–H groups in total. The second kappa shape index (κ2) is 5.74. The molecular formula is C13H15Cl2N3. The first-order chi connectivity index (χ1) is 8.60. The molecule has 0 atom stereocenters. The molecule has 1 aromatic carbocycles. The number of nitrogens with zero attached hydrogens (tertiary/aromatic N) is 2. The van der Waals surface area contributed by atoms with Gasteiger partial charge in [0.05, 0.1) is 22.3 Å². The van der Waals surface area contributed by atoms with Crippen molar-refractivity contribution >= 4 is 23.2 Å². The zero-order valence-electron chi connectivity index (χ0n) is 10.4. The molecule has 0 unspecified atom stereocenters. The smallest absolute Gasteiger partial charge is 0.0660 e. The fraction of sp³-hybridized carbons (Fsp3) is 0.308. The van der Waals surface area contributed by atoms with Crippen LogP contribution in [0.1, 0.15) is 16.8 Å². The van der Waals surface area contributed by atoms with Gasteiger partial charge in [-0.3, -0.25) is 4.68 Å². The van der Waals surface area contributed by atoms with Crippen molar-refractivity contribution < 1.29 is 0 Å². The van der Waals surface area contributed by atoms with Crippen LogP contribution in [0.4, 0.5) is 0 Å². The lowest BCUT2D eigenvalue weighted by Crippen LogP contribution is -2.05. The molecule has 3 nitrogen and oxygen atoms in total. The van der Waals surface area contributed by atoms with Crippen LogP contribution < -0.4 is 5.32 Å². The molecule has 0 saturated heterocycles. The Morgan fingerprint density at radius 3 is 2.72 bits per heavy atom. The van der Waals surface area contributed by atoms with Gasteiger partial charge in [-0.15, -0.1) is 0 Å². The van der Waals surface area contributed by atoms with Crippen LogP contribution in [0, 0.1) is 6.92 Å². The fourth-order valence-electron chi connectivity index (χ4n) is 1.83. The molecule has 0 spiro atoms. The predicted molar refractivity (Wildman–Crippen MR) is 75.3 cm³/mol. The summed E-state index contributed by atoms with van der Waals surface area (Å²) >= 11 is 11.9. The van der Waals surface area contributed by atoms with Gasteiger partial charge in [-0.25, -0.2) is 0 Å². The highest BCUT2D eigenvalue weighted by Crippen LogP contribution is 2.23. The summed E-state index contributed by atoms with van der Waals surface area (Å²) in [6.45, 7) is 3.53. The van der Waals surface area contributed by atoms with Gasteiger partial charge >= 0.3 is 0 Å². The molecule has 96 valence electrons. The van der Waals surface area contributed by atoms with E-state index < -0.39 is 0 Å². The molecular weight excluding hydrogens is 269 g/mol. The van der Waals surface area contributed by atoms with Gasteiger partial charge in [-0.1, -0.05) is 29.3 Å². The Balaban J connectivity index is 2.18. The highest BCUT2D eigenvalue weighted by Gasteiger charge is 2.05. The van der Waals surface area contributed by atoms with Crippen molar-refractivity contribution in [1.29, 1.82) is 0 Å². The maximum Gasteiger partial charge on any atom is 0.0660 e. The molecule has 1 aromatic heterocycles. The number of hydrogen-bond donors (Lipinski definition) is 1. The zero-order chi connectivity index (χ0) is 13.1. The number of benzene rings is 1. The van der Waals surface area contributed by atoms with Gasteiger partial charge in [0.2, 0.25) is 0 Å². The van der Waals surface area contributed by atoms with Crippen molar-refractivity contribution in [2.24, 2.45) is 0 Å². The third-order valence-corrected chi connectivity index (χ3v) is 3.48. The minimum atomic E-state index is 0.577. The molecule has 1 heterocycles. The van der Waals surface area contributed by atoms with E-state index in [2.05, 4.69) is 10.4 Å². The second-order valence-corrected chi connectivity index (χ2v) is 5.03. The van der Waals surface area contributed by atoms with Crippen LogP contribution in [0.15, 0.2) is 24.4 Å². The topological polar surface area (TPSA) is 29.9 Å². The van der Waals surface area contributed by atoms with Crippen LogP contribution in [0.3, 0.4) is 0 Å². The van der Waals surface area contributed by atoms with Crippen LogP contribution in [-0.2, 0) is 13.1 Å². The first-order valence-corrected chi connectivity index (χ1v) is 6.47. The summed E-state index contributed by atoms with van der Waals surface area (Å²) in [5, 5.41) is 8.76. The molecule has 0 fully saturated rings. The van der Waals surface area contributed by atoms with E-state index >= 15 is 0 Å². The van der Waals surface area contributed by atoms with Crippen LogP contribution in [0.2, 0.25) is 10.0 Å². The van der Waals surface area contributed by atoms with Gasteiger partial charge < -0.3 is 5.32 Å². The Hall–Kier alpha value is -1.03. The number of aromatic nitrogens is 2. The molecule has 0 amide bonds. The number of rotatable bonds is 4. The highest BCUT2D eigenvalue weighted by atomic mass is 35.5. The monoisotopic (exact) mass is 283 g/mol. The number of hydrogen-bond acceptors (Lipinski definition) is 2.